The molecule has 1 aliphatic heterocycles. The molecule has 0 atom stereocenters. The van der Waals surface area contributed by atoms with Gasteiger partial charge in [-0.25, -0.2) is 4.39 Å². The molecule has 1 heterocycles. The maximum atomic E-state index is 12.7. The van der Waals surface area contributed by atoms with Crippen LogP contribution in [-0.4, -0.2) is 38.3 Å². The molecule has 0 bridgehead atoms. The molecule has 96 valence electrons. The Morgan fingerprint density at radius 2 is 2.06 bits per heavy atom. The van der Waals surface area contributed by atoms with E-state index in [0.717, 1.165) is 25.1 Å². The van der Waals surface area contributed by atoms with E-state index < -0.39 is 0 Å². The number of hydrogen-bond acceptors (Lipinski definition) is 3. The molecule has 0 amide bonds. The van der Waals surface area contributed by atoms with Crippen LogP contribution in [0.4, 0.5) is 4.39 Å². The van der Waals surface area contributed by atoms with Crippen molar-refractivity contribution in [3.63, 3.8) is 0 Å². The zero-order valence-corrected chi connectivity index (χ0v) is 10.5. The van der Waals surface area contributed by atoms with E-state index in [1.165, 1.54) is 12.1 Å². The maximum Gasteiger partial charge on any atom is 0.123 e. The van der Waals surface area contributed by atoms with Crippen LogP contribution in [0, 0.1) is 22.6 Å². The normalized spacial score (nSPS) is 17.2. The Labute approximate surface area is 107 Å². The van der Waals surface area contributed by atoms with Gasteiger partial charge in [0.2, 0.25) is 0 Å². The van der Waals surface area contributed by atoms with E-state index in [1.54, 1.807) is 12.1 Å². The molecule has 0 saturated carbocycles. The summed E-state index contributed by atoms with van der Waals surface area (Å²) >= 11 is 0. The fourth-order valence-corrected chi connectivity index (χ4v) is 2.11. The van der Waals surface area contributed by atoms with Crippen LogP contribution in [-0.2, 0) is 11.2 Å². The second-order valence-corrected chi connectivity index (χ2v) is 5.00. The van der Waals surface area contributed by atoms with Gasteiger partial charge in [-0.05, 0) is 31.2 Å². The minimum Gasteiger partial charge on any atom is -0.378 e. The molecule has 0 unspecified atom stereocenters. The summed E-state index contributed by atoms with van der Waals surface area (Å²) in [5, 5.41) is 9.10. The first-order chi connectivity index (χ1) is 8.63. The quantitative estimate of drug-likeness (QED) is 0.797. The van der Waals surface area contributed by atoms with Crippen molar-refractivity contribution in [2.45, 2.75) is 6.42 Å². The van der Waals surface area contributed by atoms with Crippen LogP contribution in [0.15, 0.2) is 24.3 Å². The SMILES string of the molecule is CN(CCc1ccc(F)cc1)CC1(C#N)COC1. The zero-order chi connectivity index (χ0) is 13.0. The number of nitrogens with zero attached hydrogens (tertiary/aromatic N) is 2. The first-order valence-electron chi connectivity index (χ1n) is 6.06. The van der Waals surface area contributed by atoms with Gasteiger partial charge in [0, 0.05) is 13.1 Å². The summed E-state index contributed by atoms with van der Waals surface area (Å²) in [5.41, 5.74) is 0.788. The average molecular weight is 248 g/mol. The van der Waals surface area contributed by atoms with Crippen molar-refractivity contribution in [3.05, 3.63) is 35.6 Å². The number of rotatable bonds is 5. The van der Waals surface area contributed by atoms with Gasteiger partial charge < -0.3 is 9.64 Å². The Bertz CT molecular complexity index is 434. The first kappa shape index (κ1) is 13.0. The van der Waals surface area contributed by atoms with Crippen molar-refractivity contribution in [2.24, 2.45) is 5.41 Å². The van der Waals surface area contributed by atoms with Crippen LogP contribution in [0.2, 0.25) is 0 Å². The lowest BCUT2D eigenvalue weighted by atomic mass is 9.87. The van der Waals surface area contributed by atoms with Crippen LogP contribution >= 0.6 is 0 Å². The lowest BCUT2D eigenvalue weighted by Gasteiger charge is -2.38. The number of likely N-dealkylation sites (N-methyl/N-ethyl adjacent to an activating group) is 1. The summed E-state index contributed by atoms with van der Waals surface area (Å²) in [6.45, 7) is 2.65. The van der Waals surface area contributed by atoms with E-state index in [2.05, 4.69) is 11.0 Å². The summed E-state index contributed by atoms with van der Waals surface area (Å²) in [4.78, 5) is 2.13. The molecule has 0 N–H and O–H groups in total. The molecular weight excluding hydrogens is 231 g/mol. The lowest BCUT2D eigenvalue weighted by molar-refractivity contribution is -0.0886. The summed E-state index contributed by atoms with van der Waals surface area (Å²) in [5.74, 6) is -0.206. The summed E-state index contributed by atoms with van der Waals surface area (Å²) in [6.07, 6.45) is 0.860. The fraction of sp³-hybridized carbons (Fsp3) is 0.500. The Morgan fingerprint density at radius 1 is 1.39 bits per heavy atom. The third-order valence-electron chi connectivity index (χ3n) is 3.26. The largest absolute Gasteiger partial charge is 0.378 e. The first-order valence-corrected chi connectivity index (χ1v) is 6.06. The molecular formula is C14H17FN2O. The number of hydrogen-bond donors (Lipinski definition) is 0. The molecule has 1 saturated heterocycles. The van der Waals surface area contributed by atoms with Gasteiger partial charge >= 0.3 is 0 Å². The van der Waals surface area contributed by atoms with Gasteiger partial charge in [0.15, 0.2) is 0 Å². The van der Waals surface area contributed by atoms with Crippen LogP contribution in [0.1, 0.15) is 5.56 Å². The van der Waals surface area contributed by atoms with E-state index in [4.69, 9.17) is 10.00 Å². The van der Waals surface area contributed by atoms with E-state index in [-0.39, 0.29) is 11.2 Å². The third-order valence-corrected chi connectivity index (χ3v) is 3.26. The highest BCUT2D eigenvalue weighted by atomic mass is 19.1. The minimum atomic E-state index is -0.322. The summed E-state index contributed by atoms with van der Waals surface area (Å²) < 4.78 is 17.9. The monoisotopic (exact) mass is 248 g/mol. The molecule has 1 aromatic rings. The highest BCUT2D eigenvalue weighted by Crippen LogP contribution is 2.27. The average Bonchev–Trinajstić information content (AvgIpc) is 2.33. The highest BCUT2D eigenvalue weighted by Gasteiger charge is 2.39. The second kappa shape index (κ2) is 5.47. The number of halogens is 1. The zero-order valence-electron chi connectivity index (χ0n) is 10.5. The van der Waals surface area contributed by atoms with Crippen LogP contribution in [0.3, 0.4) is 0 Å². The number of benzene rings is 1. The second-order valence-electron chi connectivity index (χ2n) is 5.00. The van der Waals surface area contributed by atoms with E-state index in [0.29, 0.717) is 13.2 Å². The molecule has 0 spiro atoms. The predicted molar refractivity (Wildman–Crippen MR) is 66.5 cm³/mol. The molecule has 0 aromatic heterocycles. The van der Waals surface area contributed by atoms with Gasteiger partial charge in [0.05, 0.1) is 19.3 Å². The Kier molecular flexibility index (Phi) is 3.95. The van der Waals surface area contributed by atoms with Crippen molar-refractivity contribution < 1.29 is 9.13 Å². The molecule has 1 aromatic carbocycles. The van der Waals surface area contributed by atoms with Gasteiger partial charge in [0.25, 0.3) is 0 Å². The smallest absolute Gasteiger partial charge is 0.123 e. The minimum absolute atomic E-state index is 0.206. The van der Waals surface area contributed by atoms with Gasteiger partial charge in [-0.1, -0.05) is 12.1 Å². The van der Waals surface area contributed by atoms with Gasteiger partial charge in [0.1, 0.15) is 11.2 Å². The number of ether oxygens (including phenoxy) is 1. The maximum absolute atomic E-state index is 12.7. The Balaban J connectivity index is 1.80. The standard InChI is InChI=1S/C14H17FN2O/c1-17(9-14(8-16)10-18-11-14)7-6-12-2-4-13(15)5-3-12/h2-5H,6-7,9-11H2,1H3. The van der Waals surface area contributed by atoms with Crippen LogP contribution < -0.4 is 0 Å². The third kappa shape index (κ3) is 3.06. The van der Waals surface area contributed by atoms with Gasteiger partial charge in [-0.3, -0.25) is 0 Å². The summed E-state index contributed by atoms with van der Waals surface area (Å²) in [6, 6.07) is 8.89. The lowest BCUT2D eigenvalue weighted by Crippen LogP contribution is -2.49. The number of nitriles is 1. The van der Waals surface area contributed by atoms with Crippen molar-refractivity contribution in [2.75, 3.05) is 33.4 Å². The molecule has 3 nitrogen and oxygen atoms in total. The van der Waals surface area contributed by atoms with Gasteiger partial charge in [-0.15, -0.1) is 0 Å². The van der Waals surface area contributed by atoms with Crippen molar-refractivity contribution in [1.82, 2.24) is 4.90 Å². The molecule has 2 rings (SSSR count). The van der Waals surface area contributed by atoms with Crippen LogP contribution in [0.25, 0.3) is 0 Å². The van der Waals surface area contributed by atoms with Crippen molar-refractivity contribution >= 4 is 0 Å². The molecule has 1 fully saturated rings. The predicted octanol–water partition coefficient (Wildman–Crippen LogP) is 1.84. The van der Waals surface area contributed by atoms with E-state index >= 15 is 0 Å². The molecule has 4 heteroatoms. The van der Waals surface area contributed by atoms with Crippen molar-refractivity contribution in [3.8, 4) is 6.07 Å². The molecule has 0 aliphatic carbocycles. The van der Waals surface area contributed by atoms with E-state index in [9.17, 15) is 4.39 Å². The Hall–Kier alpha value is -1.44. The summed E-state index contributed by atoms with van der Waals surface area (Å²) in [7, 11) is 2.00. The molecule has 18 heavy (non-hydrogen) atoms. The Morgan fingerprint density at radius 3 is 2.56 bits per heavy atom. The molecule has 1 aliphatic rings. The van der Waals surface area contributed by atoms with Gasteiger partial charge in [-0.2, -0.15) is 5.26 Å². The van der Waals surface area contributed by atoms with Crippen molar-refractivity contribution in [1.29, 1.82) is 5.26 Å². The molecule has 0 radical (unpaired) electrons. The fourth-order valence-electron chi connectivity index (χ4n) is 2.11. The van der Waals surface area contributed by atoms with E-state index in [1.807, 2.05) is 7.05 Å². The highest BCUT2D eigenvalue weighted by molar-refractivity contribution is 5.16. The van der Waals surface area contributed by atoms with Crippen LogP contribution in [0.5, 0.6) is 0 Å². The topological polar surface area (TPSA) is 36.3 Å².